The first-order valence-corrected chi connectivity index (χ1v) is 8.93. The highest BCUT2D eigenvalue weighted by atomic mass is 32.2. The zero-order valence-electron chi connectivity index (χ0n) is 12.4. The van der Waals surface area contributed by atoms with Crippen molar-refractivity contribution in [1.82, 2.24) is 0 Å². The van der Waals surface area contributed by atoms with E-state index in [9.17, 15) is 9.59 Å². The summed E-state index contributed by atoms with van der Waals surface area (Å²) < 4.78 is 6.47. The number of benzene rings is 1. The van der Waals surface area contributed by atoms with Gasteiger partial charge >= 0.3 is 0 Å². The molecule has 1 fully saturated rings. The molecule has 114 valence electrons. The molecule has 0 unspecified atom stereocenters. The van der Waals surface area contributed by atoms with E-state index in [2.05, 4.69) is 0 Å². The minimum absolute atomic E-state index is 0.143. The number of carbonyl (C=O) groups excluding carboxylic acids is 2. The summed E-state index contributed by atoms with van der Waals surface area (Å²) in [7, 11) is 0. The van der Waals surface area contributed by atoms with E-state index < -0.39 is 11.6 Å². The summed E-state index contributed by atoms with van der Waals surface area (Å²) in [5.41, 5.74) is 1.14. The average molecular weight is 314 g/mol. The lowest BCUT2D eigenvalue weighted by Crippen LogP contribution is -2.35. The van der Waals surface area contributed by atoms with Gasteiger partial charge in [0.05, 0.1) is 0 Å². The molecular weight excluding hydrogens is 296 g/mol. The van der Waals surface area contributed by atoms with Crippen LogP contribution >= 0.6 is 11.8 Å². The number of allylic oxidation sites excluding steroid dienone is 1. The Bertz CT molecular complexity index is 683. The molecule has 3 aliphatic rings. The Morgan fingerprint density at radius 3 is 2.41 bits per heavy atom. The number of Topliss-reactive ketones (excluding diaryl/α,β-unsaturated/α-hetero) is 2. The molecule has 1 aliphatic heterocycles. The van der Waals surface area contributed by atoms with Crippen molar-refractivity contribution < 1.29 is 14.3 Å². The number of thioether (sulfide) groups is 1. The van der Waals surface area contributed by atoms with Gasteiger partial charge in [-0.25, -0.2) is 0 Å². The van der Waals surface area contributed by atoms with E-state index in [0.717, 1.165) is 30.6 Å². The fourth-order valence-corrected chi connectivity index (χ4v) is 4.90. The predicted octanol–water partition coefficient (Wildman–Crippen LogP) is 3.98. The summed E-state index contributed by atoms with van der Waals surface area (Å²) in [5, 5.41) is 0. The van der Waals surface area contributed by atoms with Crippen LogP contribution in [0.4, 0.5) is 0 Å². The standard InChI is InChI=1S/C18H18O3S/c19-14-12-6-2-3-7-13(12)16-17(15(14)20)22-11-10-18(21-16)8-4-1-5-9-18/h2-3,6-7H,1,4-5,8-11H2. The Morgan fingerprint density at radius 1 is 0.909 bits per heavy atom. The van der Waals surface area contributed by atoms with Crippen LogP contribution in [0.5, 0.6) is 0 Å². The molecule has 0 atom stereocenters. The van der Waals surface area contributed by atoms with Crippen molar-refractivity contribution in [1.29, 1.82) is 0 Å². The monoisotopic (exact) mass is 314 g/mol. The molecule has 0 aromatic heterocycles. The molecule has 0 N–H and O–H groups in total. The second kappa shape index (κ2) is 5.27. The highest BCUT2D eigenvalue weighted by Crippen LogP contribution is 2.46. The van der Waals surface area contributed by atoms with Crippen molar-refractivity contribution in [2.75, 3.05) is 5.75 Å². The van der Waals surface area contributed by atoms with Gasteiger partial charge in [-0.15, -0.1) is 11.8 Å². The predicted molar refractivity (Wildman–Crippen MR) is 86.7 cm³/mol. The van der Waals surface area contributed by atoms with Crippen LogP contribution in [0.2, 0.25) is 0 Å². The summed E-state index contributed by atoms with van der Waals surface area (Å²) >= 11 is 1.50. The fraction of sp³-hybridized carbons (Fsp3) is 0.444. The summed E-state index contributed by atoms with van der Waals surface area (Å²) in [6.45, 7) is 0. The van der Waals surface area contributed by atoms with Gasteiger partial charge in [-0.2, -0.15) is 0 Å². The smallest absolute Gasteiger partial charge is 0.243 e. The van der Waals surface area contributed by atoms with Crippen LogP contribution < -0.4 is 0 Å². The Hall–Kier alpha value is -1.55. The molecule has 1 aromatic rings. The Balaban J connectivity index is 1.83. The molecule has 1 aromatic carbocycles. The van der Waals surface area contributed by atoms with Gasteiger partial charge in [-0.3, -0.25) is 9.59 Å². The van der Waals surface area contributed by atoms with E-state index in [1.165, 1.54) is 31.0 Å². The molecule has 1 spiro atoms. The molecule has 0 saturated heterocycles. The van der Waals surface area contributed by atoms with Crippen LogP contribution in [0, 0.1) is 0 Å². The number of hydrogen-bond donors (Lipinski definition) is 0. The van der Waals surface area contributed by atoms with Gasteiger partial charge in [0.2, 0.25) is 11.6 Å². The number of carbonyl (C=O) groups is 2. The molecule has 4 rings (SSSR count). The first-order chi connectivity index (χ1) is 10.7. The van der Waals surface area contributed by atoms with E-state index in [-0.39, 0.29) is 5.60 Å². The normalized spacial score (nSPS) is 23.6. The van der Waals surface area contributed by atoms with Gasteiger partial charge in [0, 0.05) is 16.9 Å². The number of ether oxygens (including phenoxy) is 1. The highest BCUT2D eigenvalue weighted by Gasteiger charge is 2.42. The van der Waals surface area contributed by atoms with Crippen molar-refractivity contribution in [3.8, 4) is 0 Å². The van der Waals surface area contributed by atoms with Gasteiger partial charge in [0.1, 0.15) is 16.3 Å². The van der Waals surface area contributed by atoms with Crippen LogP contribution in [0.15, 0.2) is 29.2 Å². The van der Waals surface area contributed by atoms with Crippen LogP contribution in [0.3, 0.4) is 0 Å². The number of fused-ring (bicyclic) bond motifs is 2. The van der Waals surface area contributed by atoms with Crippen molar-refractivity contribution in [2.24, 2.45) is 0 Å². The third-order valence-corrected chi connectivity index (χ3v) is 5.99. The maximum absolute atomic E-state index is 12.4. The molecule has 0 amide bonds. The van der Waals surface area contributed by atoms with E-state index in [4.69, 9.17) is 4.74 Å². The van der Waals surface area contributed by atoms with E-state index in [0.29, 0.717) is 16.2 Å². The topological polar surface area (TPSA) is 43.4 Å². The lowest BCUT2D eigenvalue weighted by molar-refractivity contribution is -0.111. The van der Waals surface area contributed by atoms with Crippen molar-refractivity contribution in [2.45, 2.75) is 44.1 Å². The van der Waals surface area contributed by atoms with Crippen molar-refractivity contribution in [3.05, 3.63) is 40.3 Å². The zero-order chi connectivity index (χ0) is 15.2. The molecule has 4 heteroatoms. The Kier molecular flexibility index (Phi) is 3.37. The molecule has 1 heterocycles. The number of hydrogen-bond acceptors (Lipinski definition) is 4. The molecule has 2 aliphatic carbocycles. The third kappa shape index (κ3) is 2.12. The number of ketones is 2. The SMILES string of the molecule is O=C1C(=O)c2ccccc2C2=C1SCCC1(CCCCC1)O2. The number of rotatable bonds is 0. The minimum Gasteiger partial charge on any atom is -0.485 e. The quantitative estimate of drug-likeness (QED) is 0.679. The highest BCUT2D eigenvalue weighted by molar-refractivity contribution is 8.04. The van der Waals surface area contributed by atoms with Gasteiger partial charge in [0.15, 0.2) is 0 Å². The van der Waals surface area contributed by atoms with Crippen molar-refractivity contribution in [3.63, 3.8) is 0 Å². The lowest BCUT2D eigenvalue weighted by Gasteiger charge is -2.38. The maximum atomic E-state index is 12.4. The van der Waals surface area contributed by atoms with E-state index in [1.54, 1.807) is 12.1 Å². The van der Waals surface area contributed by atoms with Crippen molar-refractivity contribution >= 4 is 29.1 Å². The average Bonchev–Trinajstić information content (AvgIpc) is 2.73. The van der Waals surface area contributed by atoms with E-state index in [1.807, 2.05) is 12.1 Å². The zero-order valence-corrected chi connectivity index (χ0v) is 13.2. The molecule has 1 saturated carbocycles. The summed E-state index contributed by atoms with van der Waals surface area (Å²) in [6, 6.07) is 7.33. The fourth-order valence-electron chi connectivity index (χ4n) is 3.72. The molecule has 22 heavy (non-hydrogen) atoms. The molecular formula is C18H18O3S. The van der Waals surface area contributed by atoms with Gasteiger partial charge in [-0.1, -0.05) is 30.7 Å². The minimum atomic E-state index is -0.398. The first kappa shape index (κ1) is 14.1. The Labute approximate surface area is 134 Å². The molecule has 0 bridgehead atoms. The first-order valence-electron chi connectivity index (χ1n) is 7.95. The molecule has 0 radical (unpaired) electrons. The van der Waals surface area contributed by atoms with Gasteiger partial charge in [-0.05, 0) is 32.1 Å². The van der Waals surface area contributed by atoms with Gasteiger partial charge in [0.25, 0.3) is 0 Å². The van der Waals surface area contributed by atoms with Gasteiger partial charge < -0.3 is 4.74 Å². The largest absolute Gasteiger partial charge is 0.485 e. The second-order valence-electron chi connectivity index (χ2n) is 6.31. The Morgan fingerprint density at radius 2 is 1.64 bits per heavy atom. The summed E-state index contributed by atoms with van der Waals surface area (Å²) in [4.78, 5) is 25.3. The van der Waals surface area contributed by atoms with E-state index >= 15 is 0 Å². The summed E-state index contributed by atoms with van der Waals surface area (Å²) in [5.74, 6) is 0.709. The third-order valence-electron chi connectivity index (χ3n) is 4.92. The van der Waals surface area contributed by atoms with Crippen LogP contribution in [0.1, 0.15) is 54.4 Å². The van der Waals surface area contributed by atoms with Crippen LogP contribution in [-0.2, 0) is 9.53 Å². The maximum Gasteiger partial charge on any atom is 0.243 e. The second-order valence-corrected chi connectivity index (χ2v) is 7.41. The van der Waals surface area contributed by atoms with Crippen LogP contribution in [-0.4, -0.2) is 22.9 Å². The summed E-state index contributed by atoms with van der Waals surface area (Å²) in [6.07, 6.45) is 6.68. The lowest BCUT2D eigenvalue weighted by atomic mass is 9.82. The molecule has 3 nitrogen and oxygen atoms in total. The van der Waals surface area contributed by atoms with Crippen LogP contribution in [0.25, 0.3) is 5.76 Å².